The molecule has 4 nitrogen and oxygen atoms in total. The first-order valence-electron chi connectivity index (χ1n) is 8.50. The predicted molar refractivity (Wildman–Crippen MR) is 84.5 cm³/mol. The van der Waals surface area contributed by atoms with E-state index in [9.17, 15) is 0 Å². The lowest BCUT2D eigenvalue weighted by molar-refractivity contribution is -0.000227. The van der Waals surface area contributed by atoms with E-state index in [1.54, 1.807) is 0 Å². The second-order valence-electron chi connectivity index (χ2n) is 6.33. The Kier molecular flexibility index (Phi) is 4.73. The fourth-order valence-electron chi connectivity index (χ4n) is 3.37. The number of hydrogen-bond donors (Lipinski definition) is 1. The number of anilines is 1. The topological polar surface area (TPSA) is 47.0 Å². The molecule has 0 aromatic carbocycles. The molecule has 1 aromatic rings. The third-order valence-corrected chi connectivity index (χ3v) is 4.69. The van der Waals surface area contributed by atoms with E-state index in [0.717, 1.165) is 18.2 Å². The maximum absolute atomic E-state index is 6.07. The van der Waals surface area contributed by atoms with Crippen LogP contribution in [0.25, 0.3) is 0 Å². The fraction of sp³-hybridized carbons (Fsp3) is 0.765. The summed E-state index contributed by atoms with van der Waals surface area (Å²) in [4.78, 5) is 9.57. The van der Waals surface area contributed by atoms with E-state index >= 15 is 0 Å². The van der Waals surface area contributed by atoms with E-state index in [2.05, 4.69) is 18.3 Å². The number of aromatic nitrogens is 2. The van der Waals surface area contributed by atoms with Gasteiger partial charge in [-0.05, 0) is 38.5 Å². The molecule has 116 valence electrons. The Bertz CT molecular complexity index is 467. The molecule has 0 bridgehead atoms. The van der Waals surface area contributed by atoms with Crippen LogP contribution < -0.4 is 5.32 Å². The summed E-state index contributed by atoms with van der Waals surface area (Å²) in [6, 6.07) is 2.10. The zero-order chi connectivity index (χ0) is 14.7. The van der Waals surface area contributed by atoms with Crippen molar-refractivity contribution in [3.63, 3.8) is 0 Å². The van der Waals surface area contributed by atoms with Gasteiger partial charge in [-0.2, -0.15) is 0 Å². The molecule has 0 saturated heterocycles. The van der Waals surface area contributed by atoms with Crippen molar-refractivity contribution in [2.75, 3.05) is 19.0 Å². The summed E-state index contributed by atoms with van der Waals surface area (Å²) >= 11 is 0. The molecule has 1 unspecified atom stereocenters. The average molecular weight is 289 g/mol. The molecule has 2 saturated carbocycles. The quantitative estimate of drug-likeness (QED) is 0.858. The van der Waals surface area contributed by atoms with E-state index in [1.807, 2.05) is 7.05 Å². The summed E-state index contributed by atoms with van der Waals surface area (Å²) in [7, 11) is 1.93. The highest BCUT2D eigenvalue weighted by molar-refractivity contribution is 5.37. The Morgan fingerprint density at radius 3 is 2.57 bits per heavy atom. The van der Waals surface area contributed by atoms with Crippen molar-refractivity contribution in [2.45, 2.75) is 63.9 Å². The van der Waals surface area contributed by atoms with Crippen LogP contribution in [0.1, 0.15) is 75.4 Å². The van der Waals surface area contributed by atoms with Crippen molar-refractivity contribution >= 4 is 5.82 Å². The second-order valence-corrected chi connectivity index (χ2v) is 6.33. The van der Waals surface area contributed by atoms with Crippen LogP contribution in [0.15, 0.2) is 6.07 Å². The SMILES string of the molecule is CCOC(c1nc(NC)cc(C2CC2)n1)C1CCCCC1. The number of nitrogens with zero attached hydrogens (tertiary/aromatic N) is 2. The third-order valence-electron chi connectivity index (χ3n) is 4.69. The van der Waals surface area contributed by atoms with Gasteiger partial charge in [0, 0.05) is 31.3 Å². The van der Waals surface area contributed by atoms with Crippen molar-refractivity contribution in [3.05, 3.63) is 17.6 Å². The van der Waals surface area contributed by atoms with Gasteiger partial charge < -0.3 is 10.1 Å². The summed E-state index contributed by atoms with van der Waals surface area (Å²) in [5.74, 6) is 3.06. The van der Waals surface area contributed by atoms with E-state index in [4.69, 9.17) is 14.7 Å². The number of hydrogen-bond acceptors (Lipinski definition) is 4. The highest BCUT2D eigenvalue weighted by Gasteiger charge is 2.31. The van der Waals surface area contributed by atoms with E-state index in [-0.39, 0.29) is 6.10 Å². The van der Waals surface area contributed by atoms with Crippen LogP contribution in [-0.2, 0) is 4.74 Å². The van der Waals surface area contributed by atoms with Crippen LogP contribution in [0, 0.1) is 5.92 Å². The van der Waals surface area contributed by atoms with Crippen LogP contribution in [0.4, 0.5) is 5.82 Å². The minimum absolute atomic E-state index is 0.0705. The molecular weight excluding hydrogens is 262 g/mol. The third kappa shape index (κ3) is 3.54. The highest BCUT2D eigenvalue weighted by Crippen LogP contribution is 2.41. The van der Waals surface area contributed by atoms with Crippen LogP contribution in [0.5, 0.6) is 0 Å². The first kappa shape index (κ1) is 14.8. The molecule has 1 atom stereocenters. The molecule has 1 N–H and O–H groups in total. The van der Waals surface area contributed by atoms with Crippen LogP contribution in [0.3, 0.4) is 0 Å². The van der Waals surface area contributed by atoms with Gasteiger partial charge in [-0.15, -0.1) is 0 Å². The van der Waals surface area contributed by atoms with Gasteiger partial charge in [0.05, 0.1) is 0 Å². The lowest BCUT2D eigenvalue weighted by Gasteiger charge is -2.29. The molecule has 0 amide bonds. The van der Waals surface area contributed by atoms with E-state index < -0.39 is 0 Å². The lowest BCUT2D eigenvalue weighted by atomic mass is 9.85. The van der Waals surface area contributed by atoms with Gasteiger partial charge in [-0.25, -0.2) is 9.97 Å². The van der Waals surface area contributed by atoms with Gasteiger partial charge in [-0.1, -0.05) is 19.3 Å². The van der Waals surface area contributed by atoms with E-state index in [0.29, 0.717) is 11.8 Å². The Balaban J connectivity index is 1.87. The van der Waals surface area contributed by atoms with E-state index in [1.165, 1.54) is 50.6 Å². The Hall–Kier alpha value is -1.16. The number of nitrogens with one attached hydrogen (secondary N) is 1. The van der Waals surface area contributed by atoms with Crippen molar-refractivity contribution in [2.24, 2.45) is 5.92 Å². The van der Waals surface area contributed by atoms with Crippen molar-refractivity contribution in [3.8, 4) is 0 Å². The van der Waals surface area contributed by atoms with Gasteiger partial charge in [0.15, 0.2) is 5.82 Å². The molecule has 0 radical (unpaired) electrons. The van der Waals surface area contributed by atoms with Gasteiger partial charge in [-0.3, -0.25) is 0 Å². The average Bonchev–Trinajstić information content (AvgIpc) is 3.38. The molecule has 2 fully saturated rings. The normalized spacial score (nSPS) is 21.2. The minimum Gasteiger partial charge on any atom is -0.373 e. The Morgan fingerprint density at radius 2 is 1.95 bits per heavy atom. The first-order valence-corrected chi connectivity index (χ1v) is 8.50. The van der Waals surface area contributed by atoms with Crippen LogP contribution in [0.2, 0.25) is 0 Å². The Morgan fingerprint density at radius 1 is 1.19 bits per heavy atom. The van der Waals surface area contributed by atoms with Crippen molar-refractivity contribution in [1.82, 2.24) is 9.97 Å². The summed E-state index contributed by atoms with van der Waals surface area (Å²) in [6.45, 7) is 2.80. The van der Waals surface area contributed by atoms with Crippen molar-refractivity contribution in [1.29, 1.82) is 0 Å². The summed E-state index contributed by atoms with van der Waals surface area (Å²) in [6.07, 6.45) is 9.09. The summed E-state index contributed by atoms with van der Waals surface area (Å²) in [5.41, 5.74) is 1.20. The molecule has 3 rings (SSSR count). The molecule has 21 heavy (non-hydrogen) atoms. The van der Waals surface area contributed by atoms with Gasteiger partial charge in [0.2, 0.25) is 0 Å². The first-order chi connectivity index (χ1) is 10.3. The molecule has 2 aliphatic carbocycles. The lowest BCUT2D eigenvalue weighted by Crippen LogP contribution is -2.22. The minimum atomic E-state index is 0.0705. The standard InChI is InChI=1S/C17H27N3O/c1-3-21-16(13-7-5-4-6-8-13)17-19-14(12-9-10-12)11-15(18-2)20-17/h11-13,16H,3-10H2,1-2H3,(H,18,19,20). The van der Waals surface area contributed by atoms with Crippen LogP contribution in [-0.4, -0.2) is 23.6 Å². The molecule has 1 heterocycles. The van der Waals surface area contributed by atoms with Gasteiger partial charge in [0.1, 0.15) is 11.9 Å². The maximum Gasteiger partial charge on any atom is 0.160 e. The van der Waals surface area contributed by atoms with Gasteiger partial charge in [0.25, 0.3) is 0 Å². The van der Waals surface area contributed by atoms with Crippen LogP contribution >= 0.6 is 0 Å². The van der Waals surface area contributed by atoms with Crippen molar-refractivity contribution < 1.29 is 4.74 Å². The fourth-order valence-corrected chi connectivity index (χ4v) is 3.37. The molecular formula is C17H27N3O. The Labute approximate surface area is 127 Å². The largest absolute Gasteiger partial charge is 0.373 e. The number of ether oxygens (including phenoxy) is 1. The monoisotopic (exact) mass is 289 g/mol. The molecule has 1 aromatic heterocycles. The molecule has 4 heteroatoms. The highest BCUT2D eigenvalue weighted by atomic mass is 16.5. The predicted octanol–water partition coefficient (Wildman–Crippen LogP) is 4.05. The molecule has 0 spiro atoms. The molecule has 0 aliphatic heterocycles. The second kappa shape index (κ2) is 6.73. The van der Waals surface area contributed by atoms with Gasteiger partial charge >= 0.3 is 0 Å². The zero-order valence-electron chi connectivity index (χ0n) is 13.3. The summed E-state index contributed by atoms with van der Waals surface area (Å²) in [5, 5.41) is 3.18. The number of rotatable bonds is 6. The maximum atomic E-state index is 6.07. The smallest absolute Gasteiger partial charge is 0.160 e. The molecule has 2 aliphatic rings. The summed E-state index contributed by atoms with van der Waals surface area (Å²) < 4.78 is 6.07. The zero-order valence-corrected chi connectivity index (χ0v) is 13.3.